The summed E-state index contributed by atoms with van der Waals surface area (Å²) in [5.74, 6) is 0. The molecule has 0 saturated heterocycles. The fourth-order valence-electron chi connectivity index (χ4n) is 3.35. The summed E-state index contributed by atoms with van der Waals surface area (Å²) in [5.41, 5.74) is 1.16. The lowest BCUT2D eigenvalue weighted by Gasteiger charge is -2.47. The van der Waals surface area contributed by atoms with Gasteiger partial charge in [0, 0.05) is 13.2 Å². The molecule has 2 nitrogen and oxygen atoms in total. The molecular weight excluding hydrogens is 320 g/mol. The SMILES string of the molecule is CCCCOC(C)(c1ccccc1)C(C)(OCCCC)c1ccccc1. The molecule has 0 aliphatic rings. The van der Waals surface area contributed by atoms with E-state index in [9.17, 15) is 0 Å². The summed E-state index contributed by atoms with van der Waals surface area (Å²) in [5, 5.41) is 0. The minimum Gasteiger partial charge on any atom is -0.367 e. The summed E-state index contributed by atoms with van der Waals surface area (Å²) in [6.07, 6.45) is 4.32. The molecule has 0 saturated carbocycles. The Hall–Kier alpha value is -1.64. The normalized spacial score (nSPS) is 16.0. The van der Waals surface area contributed by atoms with Gasteiger partial charge in [-0.15, -0.1) is 0 Å². The lowest BCUT2D eigenvalue weighted by Crippen LogP contribution is -2.49. The fourth-order valence-corrected chi connectivity index (χ4v) is 3.35. The third-order valence-corrected chi connectivity index (χ3v) is 5.34. The van der Waals surface area contributed by atoms with Crippen LogP contribution in [0.15, 0.2) is 60.7 Å². The van der Waals surface area contributed by atoms with Crippen molar-refractivity contribution in [3.05, 3.63) is 71.8 Å². The van der Waals surface area contributed by atoms with Gasteiger partial charge in [0.05, 0.1) is 0 Å². The molecule has 0 radical (unpaired) electrons. The van der Waals surface area contributed by atoms with Gasteiger partial charge < -0.3 is 9.47 Å². The van der Waals surface area contributed by atoms with E-state index in [1.54, 1.807) is 0 Å². The molecule has 2 heteroatoms. The van der Waals surface area contributed by atoms with Gasteiger partial charge in [0.1, 0.15) is 11.2 Å². The molecule has 0 bridgehead atoms. The third kappa shape index (κ3) is 4.55. The number of rotatable bonds is 11. The Morgan fingerprint density at radius 3 is 1.27 bits per heavy atom. The lowest BCUT2D eigenvalue weighted by atomic mass is 9.75. The van der Waals surface area contributed by atoms with Crippen molar-refractivity contribution in [2.75, 3.05) is 13.2 Å². The van der Waals surface area contributed by atoms with Gasteiger partial charge >= 0.3 is 0 Å². The first kappa shape index (κ1) is 20.7. The van der Waals surface area contributed by atoms with Crippen molar-refractivity contribution in [2.45, 2.75) is 64.6 Å². The molecule has 0 fully saturated rings. The molecule has 0 aromatic heterocycles. The van der Waals surface area contributed by atoms with Crippen molar-refractivity contribution in [1.29, 1.82) is 0 Å². The van der Waals surface area contributed by atoms with Crippen molar-refractivity contribution < 1.29 is 9.47 Å². The minimum atomic E-state index is -0.571. The van der Waals surface area contributed by atoms with E-state index in [-0.39, 0.29) is 0 Å². The maximum absolute atomic E-state index is 6.58. The van der Waals surface area contributed by atoms with Crippen molar-refractivity contribution in [3.63, 3.8) is 0 Å². The molecule has 2 aromatic carbocycles. The molecule has 0 N–H and O–H groups in total. The molecule has 2 unspecified atom stereocenters. The van der Waals surface area contributed by atoms with Crippen LogP contribution in [0.25, 0.3) is 0 Å². The molecule has 0 heterocycles. The van der Waals surface area contributed by atoms with E-state index in [2.05, 4.69) is 76.2 Å². The molecule has 2 aromatic rings. The van der Waals surface area contributed by atoms with Gasteiger partial charge in [0.15, 0.2) is 0 Å². The van der Waals surface area contributed by atoms with Gasteiger partial charge in [-0.3, -0.25) is 0 Å². The largest absolute Gasteiger partial charge is 0.367 e. The van der Waals surface area contributed by atoms with Crippen molar-refractivity contribution >= 4 is 0 Å². The zero-order valence-corrected chi connectivity index (χ0v) is 16.8. The van der Waals surface area contributed by atoms with Crippen LogP contribution in [0.3, 0.4) is 0 Å². The Morgan fingerprint density at radius 1 is 0.615 bits per heavy atom. The molecule has 0 amide bonds. The summed E-state index contributed by atoms with van der Waals surface area (Å²) in [6.45, 7) is 10.2. The topological polar surface area (TPSA) is 18.5 Å². The summed E-state index contributed by atoms with van der Waals surface area (Å²) in [4.78, 5) is 0. The monoisotopic (exact) mass is 354 g/mol. The second-order valence-corrected chi connectivity index (χ2v) is 7.20. The van der Waals surface area contributed by atoms with Crippen LogP contribution in [0.5, 0.6) is 0 Å². The van der Waals surface area contributed by atoms with E-state index in [0.29, 0.717) is 0 Å². The summed E-state index contributed by atoms with van der Waals surface area (Å²) >= 11 is 0. The standard InChI is InChI=1S/C24H34O2/c1-5-7-19-25-23(3,21-15-11-9-12-16-21)24(4,26-20-8-6-2)22-17-13-10-14-18-22/h9-18H,5-8,19-20H2,1-4H3. The van der Waals surface area contributed by atoms with Crippen LogP contribution < -0.4 is 0 Å². The molecule has 26 heavy (non-hydrogen) atoms. The van der Waals surface area contributed by atoms with Gasteiger partial charge in [-0.25, -0.2) is 0 Å². The summed E-state index contributed by atoms with van der Waals surface area (Å²) < 4.78 is 13.2. The first-order chi connectivity index (χ1) is 12.6. The Kier molecular flexibility index (Phi) is 7.86. The molecule has 0 aliphatic carbocycles. The van der Waals surface area contributed by atoms with Crippen molar-refractivity contribution in [1.82, 2.24) is 0 Å². The first-order valence-electron chi connectivity index (χ1n) is 9.97. The van der Waals surface area contributed by atoms with Crippen LogP contribution in [0, 0.1) is 0 Å². The highest BCUT2D eigenvalue weighted by Crippen LogP contribution is 2.46. The predicted octanol–water partition coefficient (Wildman–Crippen LogP) is 6.45. The van der Waals surface area contributed by atoms with Gasteiger partial charge in [0.25, 0.3) is 0 Å². The average Bonchev–Trinajstić information content (AvgIpc) is 2.69. The zero-order chi connectivity index (χ0) is 18.9. The van der Waals surface area contributed by atoms with Crippen LogP contribution in [-0.2, 0) is 20.7 Å². The second kappa shape index (κ2) is 9.89. The number of ether oxygens (including phenoxy) is 2. The third-order valence-electron chi connectivity index (χ3n) is 5.34. The Bertz CT molecular complexity index is 568. The highest BCUT2D eigenvalue weighted by molar-refractivity contribution is 5.33. The number of unbranched alkanes of at least 4 members (excludes halogenated alkanes) is 2. The van der Waals surface area contributed by atoms with E-state index in [4.69, 9.17) is 9.47 Å². The van der Waals surface area contributed by atoms with Crippen molar-refractivity contribution in [2.24, 2.45) is 0 Å². The van der Waals surface area contributed by atoms with E-state index < -0.39 is 11.2 Å². The second-order valence-electron chi connectivity index (χ2n) is 7.20. The number of benzene rings is 2. The van der Waals surface area contributed by atoms with Crippen LogP contribution in [0.2, 0.25) is 0 Å². The van der Waals surface area contributed by atoms with Gasteiger partial charge in [-0.2, -0.15) is 0 Å². The summed E-state index contributed by atoms with van der Waals surface area (Å²) in [7, 11) is 0. The first-order valence-corrected chi connectivity index (χ1v) is 9.97. The smallest absolute Gasteiger partial charge is 0.123 e. The highest BCUT2D eigenvalue weighted by Gasteiger charge is 2.49. The molecule has 142 valence electrons. The highest BCUT2D eigenvalue weighted by atomic mass is 16.6. The van der Waals surface area contributed by atoms with Crippen molar-refractivity contribution in [3.8, 4) is 0 Å². The van der Waals surface area contributed by atoms with Gasteiger partial charge in [-0.05, 0) is 37.8 Å². The quantitative estimate of drug-likeness (QED) is 0.432. The minimum absolute atomic E-state index is 0.571. The fraction of sp³-hybridized carbons (Fsp3) is 0.500. The zero-order valence-electron chi connectivity index (χ0n) is 16.8. The molecule has 2 rings (SSSR count). The molecular formula is C24H34O2. The van der Waals surface area contributed by atoms with Gasteiger partial charge in [-0.1, -0.05) is 87.4 Å². The molecule has 2 atom stereocenters. The number of hydrogen-bond donors (Lipinski definition) is 0. The maximum atomic E-state index is 6.58. The van der Waals surface area contributed by atoms with E-state index in [0.717, 1.165) is 50.0 Å². The van der Waals surface area contributed by atoms with Crippen LogP contribution in [0.1, 0.15) is 64.5 Å². The van der Waals surface area contributed by atoms with Crippen LogP contribution >= 0.6 is 0 Å². The average molecular weight is 355 g/mol. The maximum Gasteiger partial charge on any atom is 0.123 e. The van der Waals surface area contributed by atoms with E-state index in [1.165, 1.54) is 0 Å². The molecule has 0 aliphatic heterocycles. The van der Waals surface area contributed by atoms with Crippen LogP contribution in [0.4, 0.5) is 0 Å². The predicted molar refractivity (Wildman–Crippen MR) is 109 cm³/mol. The Labute approximate surface area is 159 Å². The van der Waals surface area contributed by atoms with Gasteiger partial charge in [0.2, 0.25) is 0 Å². The Morgan fingerprint density at radius 2 is 0.962 bits per heavy atom. The molecule has 0 spiro atoms. The summed E-state index contributed by atoms with van der Waals surface area (Å²) in [6, 6.07) is 21.0. The van der Waals surface area contributed by atoms with Crippen LogP contribution in [-0.4, -0.2) is 13.2 Å². The van der Waals surface area contributed by atoms with E-state index >= 15 is 0 Å². The number of hydrogen-bond acceptors (Lipinski definition) is 2. The Balaban J connectivity index is 2.49. The lowest BCUT2D eigenvalue weighted by molar-refractivity contribution is -0.207. The van der Waals surface area contributed by atoms with E-state index in [1.807, 2.05) is 12.1 Å².